The molecule has 0 unspecified atom stereocenters. The molecule has 1 N–H and O–H groups in total. The Kier molecular flexibility index (Phi) is 5.66. The lowest BCUT2D eigenvalue weighted by atomic mass is 9.85. The van der Waals surface area contributed by atoms with Crippen LogP contribution in [0.15, 0.2) is 24.7 Å². The zero-order valence-electron chi connectivity index (χ0n) is 19.6. The Morgan fingerprint density at radius 2 is 2.09 bits per heavy atom. The molecule has 0 radical (unpaired) electrons. The minimum absolute atomic E-state index is 0.0344. The van der Waals surface area contributed by atoms with Crippen molar-refractivity contribution in [2.45, 2.75) is 70.1 Å². The maximum atomic E-state index is 13.8. The maximum Gasteiger partial charge on any atom is 0.284 e. The largest absolute Gasteiger partial charge is 0.374 e. The second-order valence-corrected chi connectivity index (χ2v) is 9.86. The first-order valence-electron chi connectivity index (χ1n) is 12.4. The number of nitrogens with zero attached hydrogens (tertiary/aromatic N) is 6. The number of carbonyl (C=O) groups excluding carboxylic acids is 1. The third kappa shape index (κ3) is 4.05. The highest BCUT2D eigenvalue weighted by Gasteiger charge is 2.39. The van der Waals surface area contributed by atoms with E-state index in [0.29, 0.717) is 18.2 Å². The van der Waals surface area contributed by atoms with E-state index in [0.717, 1.165) is 50.9 Å². The summed E-state index contributed by atoms with van der Waals surface area (Å²) in [7, 11) is 0. The topological polar surface area (TPSA) is 89.6 Å². The third-order valence-electron chi connectivity index (χ3n) is 7.78. The summed E-state index contributed by atoms with van der Waals surface area (Å²) in [5.74, 6) is 0.908. The summed E-state index contributed by atoms with van der Waals surface area (Å²) >= 11 is 0. The molecular formula is C24H29F2N7O2. The molecule has 186 valence electrons. The van der Waals surface area contributed by atoms with Crippen molar-refractivity contribution in [1.82, 2.24) is 24.4 Å². The summed E-state index contributed by atoms with van der Waals surface area (Å²) in [6.45, 7) is 3.62. The van der Waals surface area contributed by atoms with Gasteiger partial charge in [-0.25, -0.2) is 18.3 Å². The van der Waals surface area contributed by atoms with E-state index in [1.165, 1.54) is 10.7 Å². The third-order valence-corrected chi connectivity index (χ3v) is 7.78. The summed E-state index contributed by atoms with van der Waals surface area (Å²) < 4.78 is 36.4. The minimum atomic E-state index is -2.79. The van der Waals surface area contributed by atoms with Gasteiger partial charge in [0.15, 0.2) is 11.3 Å². The van der Waals surface area contributed by atoms with E-state index in [1.807, 2.05) is 6.07 Å². The Bertz CT molecular complexity index is 1230. The Hall–Kier alpha value is -3.08. The van der Waals surface area contributed by atoms with Crippen LogP contribution >= 0.6 is 0 Å². The molecule has 0 spiro atoms. The average molecular weight is 486 g/mol. The summed E-state index contributed by atoms with van der Waals surface area (Å²) in [6, 6.07) is 2.22. The van der Waals surface area contributed by atoms with Crippen molar-refractivity contribution < 1.29 is 18.3 Å². The lowest BCUT2D eigenvalue weighted by Gasteiger charge is -2.27. The van der Waals surface area contributed by atoms with Crippen molar-refractivity contribution in [3.63, 3.8) is 0 Å². The van der Waals surface area contributed by atoms with Gasteiger partial charge in [0.05, 0.1) is 36.7 Å². The van der Waals surface area contributed by atoms with E-state index in [1.54, 1.807) is 17.1 Å². The molecule has 3 aromatic rings. The van der Waals surface area contributed by atoms with Crippen LogP contribution in [0.1, 0.15) is 74.0 Å². The van der Waals surface area contributed by atoms with Gasteiger partial charge in [-0.05, 0) is 44.1 Å². The second kappa shape index (κ2) is 8.85. The molecule has 3 fully saturated rings. The molecule has 1 amide bonds. The first-order valence-corrected chi connectivity index (χ1v) is 12.4. The summed E-state index contributed by atoms with van der Waals surface area (Å²) in [6.07, 6.45) is 8.18. The quantitative estimate of drug-likeness (QED) is 0.562. The number of amides is 1. The van der Waals surface area contributed by atoms with Gasteiger partial charge in [0.25, 0.3) is 12.3 Å². The number of fused-ring (bicyclic) bond motifs is 3. The molecule has 0 aromatic carbocycles. The summed E-state index contributed by atoms with van der Waals surface area (Å²) in [5, 5.41) is 11.0. The van der Waals surface area contributed by atoms with Crippen LogP contribution in [0.25, 0.3) is 5.65 Å². The van der Waals surface area contributed by atoms with Gasteiger partial charge in [-0.15, -0.1) is 0 Å². The number of hydrogen-bond acceptors (Lipinski definition) is 6. The van der Waals surface area contributed by atoms with Crippen LogP contribution < -0.4 is 10.2 Å². The van der Waals surface area contributed by atoms with Gasteiger partial charge >= 0.3 is 0 Å². The number of anilines is 2. The highest BCUT2D eigenvalue weighted by molar-refractivity contribution is 6.08. The summed E-state index contributed by atoms with van der Waals surface area (Å²) in [4.78, 5) is 20.1. The van der Waals surface area contributed by atoms with Gasteiger partial charge < -0.3 is 15.0 Å². The van der Waals surface area contributed by atoms with E-state index in [-0.39, 0.29) is 29.4 Å². The number of morpholine rings is 1. The standard InChI is InChI=1S/C24H29F2N7O2/c1-2-14-3-5-15(6-4-14)33-12-19(21(30-33)22(25)26)28-24(34)18-10-27-32-8-7-20(29-23(18)32)31-11-17-9-16(31)13-35-17/h7-8,10,12,14-17,22H,2-6,9,11,13H2,1H3,(H,28,34)/t14?,15?,16-,17-/m0/s1. The number of aromatic nitrogens is 5. The first-order chi connectivity index (χ1) is 17.0. The maximum absolute atomic E-state index is 13.8. The molecule has 1 aliphatic carbocycles. The minimum Gasteiger partial charge on any atom is -0.374 e. The molecule has 11 heteroatoms. The predicted octanol–water partition coefficient (Wildman–Crippen LogP) is 4.23. The Labute approximate surface area is 201 Å². The Balaban J connectivity index is 1.24. The zero-order valence-corrected chi connectivity index (χ0v) is 19.6. The van der Waals surface area contributed by atoms with Crippen LogP contribution in [0, 0.1) is 5.92 Å². The van der Waals surface area contributed by atoms with Crippen molar-refractivity contribution in [3.8, 4) is 0 Å². The van der Waals surface area contributed by atoms with Crippen LogP contribution in [0.3, 0.4) is 0 Å². The fourth-order valence-electron chi connectivity index (χ4n) is 5.72. The predicted molar refractivity (Wildman–Crippen MR) is 125 cm³/mol. The molecule has 3 aliphatic rings. The number of hydrogen-bond donors (Lipinski definition) is 1. The number of alkyl halides is 2. The van der Waals surface area contributed by atoms with Crippen LogP contribution in [0.5, 0.6) is 0 Å². The number of carbonyl (C=O) groups is 1. The molecule has 35 heavy (non-hydrogen) atoms. The first kappa shape index (κ1) is 22.4. The van der Waals surface area contributed by atoms with Gasteiger partial charge in [-0.1, -0.05) is 13.3 Å². The number of nitrogens with one attached hydrogen (secondary N) is 1. The van der Waals surface area contributed by atoms with Gasteiger partial charge in [-0.3, -0.25) is 9.48 Å². The van der Waals surface area contributed by atoms with Crippen LogP contribution in [0.4, 0.5) is 20.3 Å². The number of rotatable bonds is 6. The fraction of sp³-hybridized carbons (Fsp3) is 0.583. The molecule has 6 rings (SSSR count). The molecule has 2 atom stereocenters. The van der Waals surface area contributed by atoms with Crippen LogP contribution in [-0.4, -0.2) is 55.6 Å². The lowest BCUT2D eigenvalue weighted by Crippen LogP contribution is -2.37. The van der Waals surface area contributed by atoms with Crippen molar-refractivity contribution in [2.24, 2.45) is 5.92 Å². The normalized spacial score (nSPS) is 26.2. The molecule has 9 nitrogen and oxygen atoms in total. The lowest BCUT2D eigenvalue weighted by molar-refractivity contribution is 0.0988. The Morgan fingerprint density at radius 3 is 2.77 bits per heavy atom. The van der Waals surface area contributed by atoms with Crippen molar-refractivity contribution in [3.05, 3.63) is 35.9 Å². The van der Waals surface area contributed by atoms with E-state index in [4.69, 9.17) is 9.72 Å². The van der Waals surface area contributed by atoms with Gasteiger partial charge in [0.1, 0.15) is 11.4 Å². The van der Waals surface area contributed by atoms with E-state index in [9.17, 15) is 13.6 Å². The average Bonchev–Trinajstić information content (AvgIpc) is 3.66. The molecule has 2 bridgehead atoms. The van der Waals surface area contributed by atoms with E-state index >= 15 is 0 Å². The molecule has 3 aromatic heterocycles. The SMILES string of the molecule is CCC1CCC(n2cc(NC(=O)c3cnn4ccc(N5C[C@@H]6C[C@H]5CO6)nc34)c(C(F)F)n2)CC1. The van der Waals surface area contributed by atoms with Gasteiger partial charge in [-0.2, -0.15) is 10.2 Å². The molecular weight excluding hydrogens is 456 g/mol. The second-order valence-electron chi connectivity index (χ2n) is 9.86. The van der Waals surface area contributed by atoms with Crippen molar-refractivity contribution in [2.75, 3.05) is 23.4 Å². The monoisotopic (exact) mass is 485 g/mol. The highest BCUT2D eigenvalue weighted by atomic mass is 19.3. The van der Waals surface area contributed by atoms with Crippen LogP contribution in [0.2, 0.25) is 0 Å². The van der Waals surface area contributed by atoms with E-state index in [2.05, 4.69) is 27.3 Å². The number of halogens is 2. The van der Waals surface area contributed by atoms with Crippen molar-refractivity contribution in [1.29, 1.82) is 0 Å². The van der Waals surface area contributed by atoms with E-state index < -0.39 is 18.0 Å². The molecule has 1 saturated carbocycles. The Morgan fingerprint density at radius 1 is 1.26 bits per heavy atom. The zero-order chi connectivity index (χ0) is 24.1. The smallest absolute Gasteiger partial charge is 0.284 e. The molecule has 5 heterocycles. The molecule has 2 aliphatic heterocycles. The fourth-order valence-corrected chi connectivity index (χ4v) is 5.72. The van der Waals surface area contributed by atoms with Crippen LogP contribution in [-0.2, 0) is 4.74 Å². The number of ether oxygens (including phenoxy) is 1. The highest BCUT2D eigenvalue weighted by Crippen LogP contribution is 2.36. The van der Waals surface area contributed by atoms with Crippen molar-refractivity contribution >= 4 is 23.1 Å². The van der Waals surface area contributed by atoms with Gasteiger partial charge in [0, 0.05) is 18.9 Å². The van der Waals surface area contributed by atoms with Gasteiger partial charge in [0.2, 0.25) is 0 Å². The summed E-state index contributed by atoms with van der Waals surface area (Å²) in [5.41, 5.74) is 0.234. The molecule has 2 saturated heterocycles.